The zero-order valence-corrected chi connectivity index (χ0v) is 34.0. The quantitative estimate of drug-likeness (QED) is 0.152. The summed E-state index contributed by atoms with van der Waals surface area (Å²) in [7, 11) is 0. The van der Waals surface area contributed by atoms with Crippen molar-refractivity contribution in [3.63, 3.8) is 0 Å². The minimum atomic E-state index is 1.14. The van der Waals surface area contributed by atoms with Crippen molar-refractivity contribution in [2.45, 2.75) is 0 Å². The van der Waals surface area contributed by atoms with Crippen LogP contribution in [-0.2, 0) is 0 Å². The van der Waals surface area contributed by atoms with Crippen LogP contribution in [0.3, 0.4) is 0 Å². The fourth-order valence-corrected chi connectivity index (χ4v) is 9.59. The van der Waals surface area contributed by atoms with Crippen LogP contribution in [0.15, 0.2) is 243 Å². The van der Waals surface area contributed by atoms with E-state index in [4.69, 9.17) is 0 Å². The average molecular weight is 789 g/mol. The lowest BCUT2D eigenvalue weighted by Crippen LogP contribution is -1.96. The van der Waals surface area contributed by atoms with Crippen molar-refractivity contribution in [2.75, 3.05) is 0 Å². The molecule has 10 aromatic carbocycles. The lowest BCUT2D eigenvalue weighted by Gasteiger charge is -2.14. The van der Waals surface area contributed by atoms with Gasteiger partial charge in [0.1, 0.15) is 0 Å². The zero-order valence-electron chi connectivity index (χ0n) is 34.0. The molecule has 0 spiro atoms. The van der Waals surface area contributed by atoms with Gasteiger partial charge in [-0.15, -0.1) is 0 Å². The van der Waals surface area contributed by atoms with Crippen LogP contribution in [-0.4, -0.2) is 9.13 Å². The summed E-state index contributed by atoms with van der Waals surface area (Å²) in [4.78, 5) is 0. The summed E-state index contributed by atoms with van der Waals surface area (Å²) in [6.07, 6.45) is 0. The third kappa shape index (κ3) is 6.04. The third-order valence-corrected chi connectivity index (χ3v) is 12.5. The smallest absolute Gasteiger partial charge is 0.0619 e. The molecule has 0 N–H and O–H groups in total. The third-order valence-electron chi connectivity index (χ3n) is 12.5. The molecule has 2 nitrogen and oxygen atoms in total. The summed E-state index contributed by atoms with van der Waals surface area (Å²) in [5.74, 6) is 0. The van der Waals surface area contributed by atoms with Crippen molar-refractivity contribution in [1.82, 2.24) is 9.13 Å². The number of hydrogen-bond acceptors (Lipinski definition) is 0. The topological polar surface area (TPSA) is 9.86 Å². The fraction of sp³-hybridized carbons (Fsp3) is 0. The van der Waals surface area contributed by atoms with E-state index < -0.39 is 0 Å². The lowest BCUT2D eigenvalue weighted by molar-refractivity contribution is 1.18. The molecule has 0 bridgehead atoms. The van der Waals surface area contributed by atoms with Gasteiger partial charge >= 0.3 is 0 Å². The Morgan fingerprint density at radius 1 is 0.210 bits per heavy atom. The zero-order chi connectivity index (χ0) is 41.0. The van der Waals surface area contributed by atoms with Crippen molar-refractivity contribution in [3.8, 4) is 67.0 Å². The normalized spacial score (nSPS) is 11.5. The molecule has 2 heteroatoms. The maximum absolute atomic E-state index is 2.48. The minimum Gasteiger partial charge on any atom is -0.309 e. The highest BCUT2D eigenvalue weighted by Crippen LogP contribution is 2.42. The number of benzene rings is 10. The van der Waals surface area contributed by atoms with E-state index in [-0.39, 0.29) is 0 Å². The number of rotatable bonds is 7. The molecular weight excluding hydrogens is 749 g/mol. The Labute approximate surface area is 360 Å². The monoisotopic (exact) mass is 788 g/mol. The molecule has 0 saturated carbocycles. The first-order valence-electron chi connectivity index (χ1n) is 21.3. The molecule has 0 unspecified atom stereocenters. The van der Waals surface area contributed by atoms with Gasteiger partial charge in [0.2, 0.25) is 0 Å². The van der Waals surface area contributed by atoms with Crippen LogP contribution < -0.4 is 0 Å². The number of fused-ring (bicyclic) bond motifs is 6. The predicted octanol–water partition coefficient (Wildman–Crippen LogP) is 16.2. The molecule has 0 radical (unpaired) electrons. The summed E-state index contributed by atoms with van der Waals surface area (Å²) in [5.41, 5.74) is 19.1. The molecule has 12 aromatic rings. The Morgan fingerprint density at radius 3 is 1.23 bits per heavy atom. The van der Waals surface area contributed by atoms with E-state index >= 15 is 0 Å². The molecule has 0 saturated heterocycles. The Morgan fingerprint density at radius 2 is 0.613 bits per heavy atom. The van der Waals surface area contributed by atoms with Crippen molar-refractivity contribution in [3.05, 3.63) is 243 Å². The summed E-state index contributed by atoms with van der Waals surface area (Å²) < 4.78 is 4.89. The lowest BCUT2D eigenvalue weighted by atomic mass is 9.97. The van der Waals surface area contributed by atoms with Gasteiger partial charge in [-0.2, -0.15) is 0 Å². The Kier molecular flexibility index (Phi) is 8.53. The van der Waals surface area contributed by atoms with Gasteiger partial charge < -0.3 is 9.13 Å². The maximum Gasteiger partial charge on any atom is 0.0619 e. The molecule has 2 heterocycles. The highest BCUT2D eigenvalue weighted by atomic mass is 15.0. The second-order valence-corrected chi connectivity index (χ2v) is 16.1. The van der Waals surface area contributed by atoms with E-state index in [1.807, 2.05) is 0 Å². The highest BCUT2D eigenvalue weighted by Gasteiger charge is 2.19. The van der Waals surface area contributed by atoms with Gasteiger partial charge in [0, 0.05) is 38.5 Å². The van der Waals surface area contributed by atoms with Crippen molar-refractivity contribution < 1.29 is 0 Å². The van der Waals surface area contributed by atoms with E-state index in [0.717, 1.165) is 11.4 Å². The largest absolute Gasteiger partial charge is 0.309 e. The number of nitrogens with zero attached hydrogens (tertiary/aromatic N) is 2. The molecule has 12 rings (SSSR count). The molecule has 0 aliphatic rings. The Bertz CT molecular complexity index is 3610. The van der Waals surface area contributed by atoms with Gasteiger partial charge in [0.15, 0.2) is 0 Å². The molecular formula is C60H40N2. The molecule has 0 fully saturated rings. The first-order valence-corrected chi connectivity index (χ1v) is 21.3. The van der Waals surface area contributed by atoms with E-state index in [2.05, 4.69) is 252 Å². The SMILES string of the molecule is c1ccc(-c2cccc(-c3cccc4c5cc(-c6ccc7c(c6)c6ccccc6n7-c6cccc(-c7ccccc7)c6)ccc5n(-c5cccc(-c6ccccc6)c5)c34)c2)cc1. The second kappa shape index (κ2) is 14.8. The van der Waals surface area contributed by atoms with Gasteiger partial charge in [-0.1, -0.05) is 182 Å². The fourth-order valence-electron chi connectivity index (χ4n) is 9.59. The first kappa shape index (κ1) is 35.7. The van der Waals surface area contributed by atoms with Crippen molar-refractivity contribution >= 4 is 43.6 Å². The predicted molar refractivity (Wildman–Crippen MR) is 262 cm³/mol. The molecule has 290 valence electrons. The van der Waals surface area contributed by atoms with Crippen LogP contribution in [0, 0.1) is 0 Å². The van der Waals surface area contributed by atoms with Crippen molar-refractivity contribution in [1.29, 1.82) is 0 Å². The van der Waals surface area contributed by atoms with Crippen LogP contribution in [0.4, 0.5) is 0 Å². The van der Waals surface area contributed by atoms with Crippen molar-refractivity contribution in [2.24, 2.45) is 0 Å². The van der Waals surface area contributed by atoms with Crippen LogP contribution >= 0.6 is 0 Å². The second-order valence-electron chi connectivity index (χ2n) is 16.1. The minimum absolute atomic E-state index is 1.14. The molecule has 0 amide bonds. The average Bonchev–Trinajstić information content (AvgIpc) is 3.87. The van der Waals surface area contributed by atoms with E-state index in [1.54, 1.807) is 0 Å². The summed E-state index contributed by atoms with van der Waals surface area (Å²) >= 11 is 0. The van der Waals surface area contributed by atoms with Crippen LogP contribution in [0.5, 0.6) is 0 Å². The van der Waals surface area contributed by atoms with Crippen LogP contribution in [0.1, 0.15) is 0 Å². The maximum atomic E-state index is 2.48. The van der Waals surface area contributed by atoms with Gasteiger partial charge in [-0.3, -0.25) is 0 Å². The van der Waals surface area contributed by atoms with Gasteiger partial charge in [-0.05, 0) is 111 Å². The van der Waals surface area contributed by atoms with Gasteiger partial charge in [-0.25, -0.2) is 0 Å². The number of aromatic nitrogens is 2. The first-order chi connectivity index (χ1) is 30.7. The molecule has 2 aromatic heterocycles. The summed E-state index contributed by atoms with van der Waals surface area (Å²) in [6.45, 7) is 0. The summed E-state index contributed by atoms with van der Waals surface area (Å²) in [6, 6.07) is 88.4. The van der Waals surface area contributed by atoms with Gasteiger partial charge in [0.25, 0.3) is 0 Å². The summed E-state index contributed by atoms with van der Waals surface area (Å²) in [5, 5.41) is 4.94. The Balaban J connectivity index is 1.05. The van der Waals surface area contributed by atoms with E-state index in [1.165, 1.54) is 99.2 Å². The van der Waals surface area contributed by atoms with Crippen LogP contribution in [0.2, 0.25) is 0 Å². The standard InChI is InChI=1S/C60H40N2/c1-4-16-41(17-5-1)44-22-12-25-49(36-44)52-29-15-30-54-56-40-48(33-35-59(56)62(60(52)54)51-27-14-24-46(38-51)43-20-8-3-9-21-43)47-32-34-58-55(39-47)53-28-10-11-31-57(53)61(58)50-26-13-23-45(37-50)42-18-6-2-7-19-42/h1-40H. The number of hydrogen-bond donors (Lipinski definition) is 0. The molecule has 62 heavy (non-hydrogen) atoms. The number of para-hydroxylation sites is 2. The van der Waals surface area contributed by atoms with E-state index in [9.17, 15) is 0 Å². The highest BCUT2D eigenvalue weighted by molar-refractivity contribution is 6.15. The molecule has 0 aliphatic carbocycles. The van der Waals surface area contributed by atoms with E-state index in [0.29, 0.717) is 0 Å². The Hall–Kier alpha value is -8.20. The molecule has 0 atom stereocenters. The molecule has 0 aliphatic heterocycles. The van der Waals surface area contributed by atoms with Crippen LogP contribution in [0.25, 0.3) is 111 Å². The van der Waals surface area contributed by atoms with Gasteiger partial charge in [0.05, 0.1) is 22.1 Å².